The summed E-state index contributed by atoms with van der Waals surface area (Å²) in [5, 5.41) is 9.35. The molecule has 0 aliphatic heterocycles. The summed E-state index contributed by atoms with van der Waals surface area (Å²) in [6.45, 7) is 5.94. The number of aromatic carboxylic acids is 1. The molecule has 0 saturated heterocycles. The zero-order valence-corrected chi connectivity index (χ0v) is 12.0. The van der Waals surface area contributed by atoms with Crippen molar-refractivity contribution < 1.29 is 14.3 Å². The van der Waals surface area contributed by atoms with E-state index in [0.717, 1.165) is 17.3 Å². The van der Waals surface area contributed by atoms with E-state index in [1.165, 1.54) is 0 Å². The van der Waals surface area contributed by atoms with Crippen LogP contribution in [0.2, 0.25) is 0 Å². The number of carboxylic acid groups (broad SMARTS) is 1. The number of para-hydroxylation sites is 1. The Morgan fingerprint density at radius 2 is 2.05 bits per heavy atom. The third-order valence-corrected chi connectivity index (χ3v) is 3.55. The number of hydrogen-bond acceptors (Lipinski definition) is 4. The normalized spacial score (nSPS) is 11.2. The van der Waals surface area contributed by atoms with E-state index < -0.39 is 5.97 Å². The summed E-state index contributed by atoms with van der Waals surface area (Å²) in [5.41, 5.74) is 2.32. The summed E-state index contributed by atoms with van der Waals surface area (Å²) < 4.78 is 7.41. The number of oxazole rings is 1. The Morgan fingerprint density at radius 1 is 1.29 bits per heavy atom. The number of imidazole rings is 1. The van der Waals surface area contributed by atoms with Gasteiger partial charge in [-0.3, -0.25) is 0 Å². The summed E-state index contributed by atoms with van der Waals surface area (Å²) in [5.74, 6) is 1.08. The Labute approximate surface area is 121 Å². The first-order valence-electron chi connectivity index (χ1n) is 6.59. The maximum atomic E-state index is 11.4. The van der Waals surface area contributed by atoms with Crippen LogP contribution in [0.1, 0.15) is 33.5 Å². The van der Waals surface area contributed by atoms with Crippen molar-refractivity contribution in [2.45, 2.75) is 27.3 Å². The first-order chi connectivity index (χ1) is 9.97. The Balaban J connectivity index is 2.17. The Hall–Kier alpha value is -2.63. The van der Waals surface area contributed by atoms with Gasteiger partial charge in [-0.05, 0) is 32.9 Å². The number of rotatable bonds is 3. The van der Waals surface area contributed by atoms with Crippen molar-refractivity contribution in [3.8, 4) is 0 Å². The SMILES string of the molecule is Cc1nc(Cn2c(C)nc3cccc(C(=O)O)c32)oc1C. The molecule has 0 radical (unpaired) electrons. The van der Waals surface area contributed by atoms with Crippen LogP contribution in [0.3, 0.4) is 0 Å². The van der Waals surface area contributed by atoms with Crippen LogP contribution in [0.4, 0.5) is 0 Å². The molecule has 2 heterocycles. The second kappa shape index (κ2) is 4.73. The van der Waals surface area contributed by atoms with Gasteiger partial charge in [0.25, 0.3) is 0 Å². The lowest BCUT2D eigenvalue weighted by Gasteiger charge is -2.06. The molecule has 6 nitrogen and oxygen atoms in total. The first kappa shape index (κ1) is 13.4. The highest BCUT2D eigenvalue weighted by Crippen LogP contribution is 2.22. The zero-order valence-electron chi connectivity index (χ0n) is 12.0. The average Bonchev–Trinajstić information content (AvgIpc) is 2.90. The fraction of sp³-hybridized carbons (Fsp3) is 0.267. The van der Waals surface area contributed by atoms with Gasteiger partial charge in [0.05, 0.1) is 22.3 Å². The van der Waals surface area contributed by atoms with Gasteiger partial charge in [-0.2, -0.15) is 0 Å². The minimum Gasteiger partial charge on any atom is -0.478 e. The van der Waals surface area contributed by atoms with E-state index in [1.807, 2.05) is 25.3 Å². The van der Waals surface area contributed by atoms with Gasteiger partial charge in [0, 0.05) is 0 Å². The molecule has 0 aliphatic rings. The van der Waals surface area contributed by atoms with E-state index in [9.17, 15) is 9.90 Å². The van der Waals surface area contributed by atoms with E-state index >= 15 is 0 Å². The van der Waals surface area contributed by atoms with Gasteiger partial charge < -0.3 is 14.1 Å². The van der Waals surface area contributed by atoms with Crippen molar-refractivity contribution in [3.05, 3.63) is 46.9 Å². The molecule has 6 heteroatoms. The number of carboxylic acids is 1. The van der Waals surface area contributed by atoms with Crippen molar-refractivity contribution in [1.82, 2.24) is 14.5 Å². The molecule has 3 rings (SSSR count). The molecule has 3 aromatic rings. The molecular weight excluding hydrogens is 270 g/mol. The standard InChI is InChI=1S/C15H15N3O3/c1-8-9(2)21-13(16-8)7-18-10(3)17-12-6-4-5-11(14(12)18)15(19)20/h4-6H,7H2,1-3H3,(H,19,20). The third kappa shape index (κ3) is 2.18. The van der Waals surface area contributed by atoms with Crippen LogP contribution < -0.4 is 0 Å². The second-order valence-electron chi connectivity index (χ2n) is 4.97. The van der Waals surface area contributed by atoms with E-state index in [1.54, 1.807) is 18.2 Å². The third-order valence-electron chi connectivity index (χ3n) is 3.55. The highest BCUT2D eigenvalue weighted by atomic mass is 16.4. The zero-order chi connectivity index (χ0) is 15.1. The molecule has 0 unspecified atom stereocenters. The largest absolute Gasteiger partial charge is 0.478 e. The predicted octanol–water partition coefficient (Wildman–Crippen LogP) is 2.70. The van der Waals surface area contributed by atoms with Gasteiger partial charge in [0.1, 0.15) is 18.1 Å². The Bertz CT molecular complexity index is 826. The molecule has 0 amide bonds. The van der Waals surface area contributed by atoms with Gasteiger partial charge >= 0.3 is 5.97 Å². The summed E-state index contributed by atoms with van der Waals surface area (Å²) in [6.07, 6.45) is 0. The lowest BCUT2D eigenvalue weighted by molar-refractivity contribution is 0.0698. The molecule has 2 aromatic heterocycles. The number of nitrogens with zero attached hydrogens (tertiary/aromatic N) is 3. The molecular formula is C15H15N3O3. The van der Waals surface area contributed by atoms with E-state index in [2.05, 4.69) is 9.97 Å². The first-order valence-corrected chi connectivity index (χ1v) is 6.59. The molecule has 1 N–H and O–H groups in total. The van der Waals surface area contributed by atoms with E-state index in [4.69, 9.17) is 4.42 Å². The number of aromatic nitrogens is 3. The van der Waals surface area contributed by atoms with Crippen LogP contribution in [0.5, 0.6) is 0 Å². The van der Waals surface area contributed by atoms with Crippen LogP contribution in [-0.2, 0) is 6.54 Å². The number of fused-ring (bicyclic) bond motifs is 1. The second-order valence-corrected chi connectivity index (χ2v) is 4.97. The minimum atomic E-state index is -0.971. The molecule has 0 bridgehead atoms. The maximum Gasteiger partial charge on any atom is 0.337 e. The molecule has 108 valence electrons. The quantitative estimate of drug-likeness (QED) is 0.800. The lowest BCUT2D eigenvalue weighted by atomic mass is 10.2. The smallest absolute Gasteiger partial charge is 0.337 e. The van der Waals surface area contributed by atoms with Crippen LogP contribution in [0.15, 0.2) is 22.6 Å². The number of hydrogen-bond donors (Lipinski definition) is 1. The highest BCUT2D eigenvalue weighted by Gasteiger charge is 2.17. The monoisotopic (exact) mass is 285 g/mol. The molecule has 0 atom stereocenters. The highest BCUT2D eigenvalue weighted by molar-refractivity contribution is 6.01. The van der Waals surface area contributed by atoms with Crippen LogP contribution in [0, 0.1) is 20.8 Å². The van der Waals surface area contributed by atoms with E-state index in [0.29, 0.717) is 23.5 Å². The van der Waals surface area contributed by atoms with Crippen molar-refractivity contribution in [1.29, 1.82) is 0 Å². The van der Waals surface area contributed by atoms with Gasteiger partial charge in [0.2, 0.25) is 5.89 Å². The molecule has 1 aromatic carbocycles. The molecule has 0 spiro atoms. The van der Waals surface area contributed by atoms with Crippen LogP contribution in [-0.4, -0.2) is 25.6 Å². The summed E-state index contributed by atoms with van der Waals surface area (Å²) in [4.78, 5) is 20.2. The summed E-state index contributed by atoms with van der Waals surface area (Å²) >= 11 is 0. The number of aryl methyl sites for hydroxylation is 3. The average molecular weight is 285 g/mol. The van der Waals surface area contributed by atoms with Crippen molar-refractivity contribution in [2.75, 3.05) is 0 Å². The van der Waals surface area contributed by atoms with Crippen LogP contribution >= 0.6 is 0 Å². The Morgan fingerprint density at radius 3 is 2.67 bits per heavy atom. The van der Waals surface area contributed by atoms with Gasteiger partial charge in [-0.15, -0.1) is 0 Å². The maximum absolute atomic E-state index is 11.4. The summed E-state index contributed by atoms with van der Waals surface area (Å²) in [7, 11) is 0. The fourth-order valence-electron chi connectivity index (χ4n) is 2.41. The minimum absolute atomic E-state index is 0.230. The van der Waals surface area contributed by atoms with E-state index in [-0.39, 0.29) is 5.56 Å². The summed E-state index contributed by atoms with van der Waals surface area (Å²) in [6, 6.07) is 5.08. The molecule has 0 saturated carbocycles. The molecule has 21 heavy (non-hydrogen) atoms. The predicted molar refractivity (Wildman–Crippen MR) is 76.5 cm³/mol. The van der Waals surface area contributed by atoms with Crippen molar-refractivity contribution >= 4 is 17.0 Å². The molecule has 0 fully saturated rings. The fourth-order valence-corrected chi connectivity index (χ4v) is 2.41. The van der Waals surface area contributed by atoms with Crippen molar-refractivity contribution in [3.63, 3.8) is 0 Å². The van der Waals surface area contributed by atoms with Gasteiger partial charge in [-0.25, -0.2) is 14.8 Å². The number of benzene rings is 1. The lowest BCUT2D eigenvalue weighted by Crippen LogP contribution is -2.06. The van der Waals surface area contributed by atoms with Gasteiger partial charge in [-0.1, -0.05) is 6.07 Å². The number of carbonyl (C=O) groups is 1. The van der Waals surface area contributed by atoms with Gasteiger partial charge in [0.15, 0.2) is 0 Å². The Kier molecular flexibility index (Phi) is 3.01. The van der Waals surface area contributed by atoms with Crippen molar-refractivity contribution in [2.24, 2.45) is 0 Å². The topological polar surface area (TPSA) is 81.2 Å². The molecule has 0 aliphatic carbocycles. The van der Waals surface area contributed by atoms with Crippen LogP contribution in [0.25, 0.3) is 11.0 Å².